The SMILES string of the molecule is C#CCOC(=O)[C@H](C)N. The van der Waals surface area contributed by atoms with E-state index in [-0.39, 0.29) is 6.61 Å². The van der Waals surface area contributed by atoms with E-state index in [1.807, 2.05) is 0 Å². The molecule has 50 valence electrons. The number of hydrogen-bond donors (Lipinski definition) is 1. The Bertz CT molecular complexity index is 134. The predicted octanol–water partition coefficient (Wildman–Crippen LogP) is -0.490. The number of ether oxygens (including phenoxy) is 1. The summed E-state index contributed by atoms with van der Waals surface area (Å²) < 4.78 is 4.45. The lowest BCUT2D eigenvalue weighted by molar-refractivity contribution is -0.143. The summed E-state index contributed by atoms with van der Waals surface area (Å²) in [6.45, 7) is 1.54. The molecule has 0 radical (unpaired) electrons. The zero-order valence-corrected chi connectivity index (χ0v) is 5.26. The number of rotatable bonds is 2. The molecule has 2 N–H and O–H groups in total. The molecular formula is C6H9NO2. The second-order valence-corrected chi connectivity index (χ2v) is 1.60. The van der Waals surface area contributed by atoms with Crippen LogP contribution in [0.15, 0.2) is 0 Å². The second kappa shape index (κ2) is 3.93. The van der Waals surface area contributed by atoms with Gasteiger partial charge in [-0.15, -0.1) is 6.42 Å². The van der Waals surface area contributed by atoms with Crippen LogP contribution in [-0.2, 0) is 9.53 Å². The van der Waals surface area contributed by atoms with Crippen molar-refractivity contribution < 1.29 is 9.53 Å². The van der Waals surface area contributed by atoms with E-state index < -0.39 is 12.0 Å². The summed E-state index contributed by atoms with van der Waals surface area (Å²) in [5, 5.41) is 0. The summed E-state index contributed by atoms with van der Waals surface area (Å²) in [4.78, 5) is 10.5. The largest absolute Gasteiger partial charge is 0.451 e. The van der Waals surface area contributed by atoms with E-state index in [4.69, 9.17) is 12.2 Å². The summed E-state index contributed by atoms with van der Waals surface area (Å²) in [6, 6.07) is -0.585. The lowest BCUT2D eigenvalue weighted by Gasteiger charge is -2.01. The van der Waals surface area contributed by atoms with Crippen molar-refractivity contribution >= 4 is 5.97 Å². The van der Waals surface area contributed by atoms with Crippen molar-refractivity contribution in [1.29, 1.82) is 0 Å². The maximum absolute atomic E-state index is 10.5. The van der Waals surface area contributed by atoms with Crippen molar-refractivity contribution in [2.24, 2.45) is 5.73 Å². The average molecular weight is 127 g/mol. The van der Waals surface area contributed by atoms with Crippen molar-refractivity contribution in [2.45, 2.75) is 13.0 Å². The van der Waals surface area contributed by atoms with Crippen molar-refractivity contribution in [3.8, 4) is 12.3 Å². The van der Waals surface area contributed by atoms with E-state index in [9.17, 15) is 4.79 Å². The number of carbonyl (C=O) groups excluding carboxylic acids is 1. The number of terminal acetylenes is 1. The molecule has 1 atom stereocenters. The van der Waals surface area contributed by atoms with Crippen molar-refractivity contribution in [3.05, 3.63) is 0 Å². The Morgan fingerprint density at radius 3 is 2.89 bits per heavy atom. The molecule has 0 saturated carbocycles. The molecular weight excluding hydrogens is 118 g/mol. The van der Waals surface area contributed by atoms with Crippen LogP contribution in [0.25, 0.3) is 0 Å². The summed E-state index contributed by atoms with van der Waals surface area (Å²) >= 11 is 0. The normalized spacial score (nSPS) is 11.7. The summed E-state index contributed by atoms with van der Waals surface area (Å²) in [6.07, 6.45) is 4.81. The summed E-state index contributed by atoms with van der Waals surface area (Å²) in [5.41, 5.74) is 5.13. The van der Waals surface area contributed by atoms with Crippen LogP contribution in [0.1, 0.15) is 6.92 Å². The van der Waals surface area contributed by atoms with Gasteiger partial charge in [0.2, 0.25) is 0 Å². The Hall–Kier alpha value is -1.01. The smallest absolute Gasteiger partial charge is 0.323 e. The van der Waals surface area contributed by atoms with Gasteiger partial charge in [0.05, 0.1) is 0 Å². The minimum absolute atomic E-state index is 0.000370. The molecule has 0 amide bonds. The van der Waals surface area contributed by atoms with Crippen LogP contribution in [0, 0.1) is 12.3 Å². The molecule has 0 aliphatic carbocycles. The zero-order chi connectivity index (χ0) is 7.28. The van der Waals surface area contributed by atoms with Gasteiger partial charge in [-0.25, -0.2) is 0 Å². The van der Waals surface area contributed by atoms with Gasteiger partial charge in [0, 0.05) is 0 Å². The molecule has 3 nitrogen and oxygen atoms in total. The molecule has 0 spiro atoms. The van der Waals surface area contributed by atoms with Gasteiger partial charge in [-0.2, -0.15) is 0 Å². The van der Waals surface area contributed by atoms with Crippen LogP contribution in [0.5, 0.6) is 0 Å². The maximum atomic E-state index is 10.5. The molecule has 0 saturated heterocycles. The minimum atomic E-state index is -0.585. The van der Waals surface area contributed by atoms with Gasteiger partial charge in [-0.3, -0.25) is 4.79 Å². The highest BCUT2D eigenvalue weighted by molar-refractivity contribution is 5.74. The monoisotopic (exact) mass is 127 g/mol. The Morgan fingerprint density at radius 2 is 2.56 bits per heavy atom. The second-order valence-electron chi connectivity index (χ2n) is 1.60. The van der Waals surface area contributed by atoms with E-state index in [2.05, 4.69) is 10.7 Å². The van der Waals surface area contributed by atoms with Gasteiger partial charge >= 0.3 is 5.97 Å². The molecule has 0 bridgehead atoms. The fourth-order valence-electron chi connectivity index (χ4n) is 0.244. The van der Waals surface area contributed by atoms with Gasteiger partial charge in [-0.05, 0) is 6.92 Å². The summed E-state index contributed by atoms with van der Waals surface area (Å²) in [5.74, 6) is 1.69. The standard InChI is InChI=1S/C6H9NO2/c1-3-4-9-6(8)5(2)7/h1,5H,4,7H2,2H3/t5-/m0/s1. The van der Waals surface area contributed by atoms with Crippen LogP contribution in [0.2, 0.25) is 0 Å². The number of hydrogen-bond acceptors (Lipinski definition) is 3. The third-order valence-electron chi connectivity index (χ3n) is 0.670. The molecule has 0 heterocycles. The Labute approximate surface area is 54.2 Å². The molecule has 0 aromatic rings. The van der Waals surface area contributed by atoms with Gasteiger partial charge in [-0.1, -0.05) is 5.92 Å². The average Bonchev–Trinajstić information content (AvgIpc) is 1.82. The summed E-state index contributed by atoms with van der Waals surface area (Å²) in [7, 11) is 0. The lowest BCUT2D eigenvalue weighted by atomic mass is 10.4. The number of esters is 1. The van der Waals surface area contributed by atoms with Crippen LogP contribution < -0.4 is 5.73 Å². The third kappa shape index (κ3) is 3.56. The Balaban J connectivity index is 3.42. The fraction of sp³-hybridized carbons (Fsp3) is 0.500. The van der Waals surface area contributed by atoms with E-state index in [1.165, 1.54) is 0 Å². The maximum Gasteiger partial charge on any atom is 0.323 e. The van der Waals surface area contributed by atoms with E-state index in [0.717, 1.165) is 0 Å². The van der Waals surface area contributed by atoms with Gasteiger partial charge < -0.3 is 10.5 Å². The van der Waals surface area contributed by atoms with Crippen molar-refractivity contribution in [2.75, 3.05) is 6.61 Å². The number of nitrogens with two attached hydrogens (primary N) is 1. The van der Waals surface area contributed by atoms with E-state index in [1.54, 1.807) is 6.92 Å². The first-order valence-electron chi connectivity index (χ1n) is 2.54. The molecule has 0 fully saturated rings. The molecule has 9 heavy (non-hydrogen) atoms. The van der Waals surface area contributed by atoms with Crippen molar-refractivity contribution in [3.63, 3.8) is 0 Å². The highest BCUT2D eigenvalue weighted by atomic mass is 16.5. The highest BCUT2D eigenvalue weighted by Gasteiger charge is 2.06. The number of carbonyl (C=O) groups is 1. The zero-order valence-electron chi connectivity index (χ0n) is 5.26. The van der Waals surface area contributed by atoms with Crippen LogP contribution in [0.3, 0.4) is 0 Å². The molecule has 3 heteroatoms. The van der Waals surface area contributed by atoms with Crippen LogP contribution in [0.4, 0.5) is 0 Å². The topological polar surface area (TPSA) is 52.3 Å². The molecule has 0 aromatic carbocycles. The fourth-order valence-corrected chi connectivity index (χ4v) is 0.244. The molecule has 0 unspecified atom stereocenters. The lowest BCUT2D eigenvalue weighted by Crippen LogP contribution is -2.28. The van der Waals surface area contributed by atoms with Gasteiger partial charge in [0.25, 0.3) is 0 Å². The van der Waals surface area contributed by atoms with E-state index in [0.29, 0.717) is 0 Å². The van der Waals surface area contributed by atoms with E-state index >= 15 is 0 Å². The van der Waals surface area contributed by atoms with Crippen molar-refractivity contribution in [1.82, 2.24) is 0 Å². The first kappa shape index (κ1) is 7.99. The van der Waals surface area contributed by atoms with Gasteiger partial charge in [0.1, 0.15) is 6.04 Å². The first-order valence-corrected chi connectivity index (χ1v) is 2.54. The van der Waals surface area contributed by atoms with Crippen LogP contribution >= 0.6 is 0 Å². The minimum Gasteiger partial charge on any atom is -0.451 e. The molecule has 0 rings (SSSR count). The van der Waals surface area contributed by atoms with Gasteiger partial charge in [0.15, 0.2) is 6.61 Å². The third-order valence-corrected chi connectivity index (χ3v) is 0.670. The van der Waals surface area contributed by atoms with Crippen LogP contribution in [-0.4, -0.2) is 18.6 Å². The molecule has 0 aliphatic heterocycles. The first-order chi connectivity index (χ1) is 4.18. The Kier molecular flexibility index (Phi) is 3.49. The Morgan fingerprint density at radius 1 is 2.00 bits per heavy atom. The predicted molar refractivity (Wildman–Crippen MR) is 33.4 cm³/mol. The quantitative estimate of drug-likeness (QED) is 0.402. The highest BCUT2D eigenvalue weighted by Crippen LogP contribution is 1.81. The molecule has 0 aromatic heterocycles. The molecule has 0 aliphatic rings.